The van der Waals surface area contributed by atoms with Gasteiger partial charge in [0.05, 0.1) is 7.11 Å². The van der Waals surface area contributed by atoms with Crippen LogP contribution in [0.3, 0.4) is 0 Å². The lowest BCUT2D eigenvalue weighted by Gasteiger charge is -2.12. The topological polar surface area (TPSA) is 64.1 Å². The number of hydrogen-bond acceptors (Lipinski definition) is 4. The molecule has 0 spiro atoms. The first-order valence-electron chi connectivity index (χ1n) is 8.56. The van der Waals surface area contributed by atoms with E-state index in [1.165, 1.54) is 19.2 Å². The number of pyridine rings is 2. The number of nitrogens with zero attached hydrogens (tertiary/aromatic N) is 2. The van der Waals surface area contributed by atoms with Gasteiger partial charge in [-0.3, -0.25) is 9.78 Å². The minimum Gasteiger partial charge on any atom is -0.496 e. The highest BCUT2D eigenvalue weighted by atomic mass is 19.1. The van der Waals surface area contributed by atoms with Gasteiger partial charge < -0.3 is 10.1 Å². The molecule has 1 atom stereocenters. The minimum absolute atomic E-state index is 0.0408. The molecule has 2 heterocycles. The van der Waals surface area contributed by atoms with Crippen LogP contribution in [-0.2, 0) is 4.79 Å². The van der Waals surface area contributed by atoms with Gasteiger partial charge in [-0.2, -0.15) is 0 Å². The van der Waals surface area contributed by atoms with Crippen LogP contribution in [0.15, 0.2) is 61.1 Å². The Bertz CT molecular complexity index is 932. The van der Waals surface area contributed by atoms with Crippen LogP contribution in [0.25, 0.3) is 11.1 Å². The van der Waals surface area contributed by atoms with Crippen LogP contribution in [0, 0.1) is 5.82 Å². The number of rotatable bonds is 6. The number of carbonyl (C=O) groups is 1. The standard InChI is InChI=1S/C21H20FN3O2/c1-14(16-4-3-8-23-13-16)10-21(26)25-20-11-15(7-9-24-20)18-6-5-17(22)12-19(18)27-2/h3-9,11-14H,10H2,1-2H3,(H,24,25,26). The second-order valence-corrected chi connectivity index (χ2v) is 6.21. The highest BCUT2D eigenvalue weighted by Crippen LogP contribution is 2.31. The third-order valence-electron chi connectivity index (χ3n) is 4.25. The summed E-state index contributed by atoms with van der Waals surface area (Å²) < 4.78 is 18.7. The van der Waals surface area contributed by atoms with Gasteiger partial charge in [0.1, 0.15) is 17.4 Å². The third-order valence-corrected chi connectivity index (χ3v) is 4.25. The number of hydrogen-bond donors (Lipinski definition) is 1. The van der Waals surface area contributed by atoms with Crippen LogP contribution < -0.4 is 10.1 Å². The lowest BCUT2D eigenvalue weighted by molar-refractivity contribution is -0.116. The predicted octanol–water partition coefficient (Wildman–Crippen LogP) is 4.42. The summed E-state index contributed by atoms with van der Waals surface area (Å²) in [5.41, 5.74) is 2.50. The number of aromatic nitrogens is 2. The quantitative estimate of drug-likeness (QED) is 0.702. The molecule has 27 heavy (non-hydrogen) atoms. The summed E-state index contributed by atoms with van der Waals surface area (Å²) in [4.78, 5) is 20.6. The Morgan fingerprint density at radius 2 is 2.07 bits per heavy atom. The van der Waals surface area contributed by atoms with E-state index in [1.54, 1.807) is 36.8 Å². The summed E-state index contributed by atoms with van der Waals surface area (Å²) >= 11 is 0. The highest BCUT2D eigenvalue weighted by molar-refractivity contribution is 5.91. The molecule has 1 aromatic carbocycles. The molecule has 138 valence electrons. The first kappa shape index (κ1) is 18.5. The van der Waals surface area contributed by atoms with Crippen LogP contribution in [0.4, 0.5) is 10.2 Å². The molecule has 0 radical (unpaired) electrons. The fourth-order valence-corrected chi connectivity index (χ4v) is 2.83. The smallest absolute Gasteiger partial charge is 0.226 e. The number of anilines is 1. The Morgan fingerprint density at radius 1 is 1.22 bits per heavy atom. The molecule has 0 fully saturated rings. The number of amides is 1. The van der Waals surface area contributed by atoms with Crippen molar-refractivity contribution in [1.82, 2.24) is 9.97 Å². The average molecular weight is 365 g/mol. The Morgan fingerprint density at radius 3 is 2.81 bits per heavy atom. The van der Waals surface area contributed by atoms with Crippen molar-refractivity contribution in [3.63, 3.8) is 0 Å². The molecule has 0 bridgehead atoms. The summed E-state index contributed by atoms with van der Waals surface area (Å²) in [6.45, 7) is 1.98. The third kappa shape index (κ3) is 4.67. The molecule has 0 aliphatic rings. The van der Waals surface area contributed by atoms with Crippen molar-refractivity contribution in [3.8, 4) is 16.9 Å². The first-order valence-corrected chi connectivity index (χ1v) is 8.56. The van der Waals surface area contributed by atoms with Gasteiger partial charge in [0.2, 0.25) is 5.91 Å². The Hall–Kier alpha value is -3.28. The molecule has 3 rings (SSSR count). The highest BCUT2D eigenvalue weighted by Gasteiger charge is 2.13. The molecule has 0 saturated heterocycles. The molecular weight excluding hydrogens is 345 g/mol. The average Bonchev–Trinajstić information content (AvgIpc) is 2.68. The molecule has 2 aromatic heterocycles. The summed E-state index contributed by atoms with van der Waals surface area (Å²) in [5.74, 6) is 0.384. The summed E-state index contributed by atoms with van der Waals surface area (Å²) in [6.07, 6.45) is 5.38. The molecule has 6 heteroatoms. The van der Waals surface area contributed by atoms with E-state index in [-0.39, 0.29) is 17.6 Å². The molecule has 5 nitrogen and oxygen atoms in total. The van der Waals surface area contributed by atoms with Gasteiger partial charge in [0.15, 0.2) is 0 Å². The summed E-state index contributed by atoms with van der Waals surface area (Å²) in [7, 11) is 1.49. The molecule has 0 saturated carbocycles. The van der Waals surface area contributed by atoms with E-state index < -0.39 is 0 Å². The Labute approximate surface area is 157 Å². The normalized spacial score (nSPS) is 11.7. The second kappa shape index (κ2) is 8.40. The molecule has 3 aromatic rings. The maximum Gasteiger partial charge on any atom is 0.226 e. The number of nitrogens with one attached hydrogen (secondary N) is 1. The van der Waals surface area contributed by atoms with Gasteiger partial charge in [-0.15, -0.1) is 0 Å². The van der Waals surface area contributed by atoms with Crippen molar-refractivity contribution < 1.29 is 13.9 Å². The first-order chi connectivity index (χ1) is 13.1. The fraction of sp³-hybridized carbons (Fsp3) is 0.190. The van der Waals surface area contributed by atoms with Gasteiger partial charge in [-0.05, 0) is 47.4 Å². The molecule has 0 aliphatic carbocycles. The van der Waals surface area contributed by atoms with Crippen molar-refractivity contribution in [1.29, 1.82) is 0 Å². The monoisotopic (exact) mass is 365 g/mol. The second-order valence-electron chi connectivity index (χ2n) is 6.21. The van der Waals surface area contributed by atoms with Crippen molar-refractivity contribution in [3.05, 3.63) is 72.4 Å². The van der Waals surface area contributed by atoms with Crippen molar-refractivity contribution in [2.24, 2.45) is 0 Å². The zero-order valence-electron chi connectivity index (χ0n) is 15.1. The molecule has 1 N–H and O–H groups in total. The summed E-state index contributed by atoms with van der Waals surface area (Å²) in [6, 6.07) is 11.6. The van der Waals surface area contributed by atoms with Gasteiger partial charge in [0, 0.05) is 36.6 Å². The van der Waals surface area contributed by atoms with Gasteiger partial charge in [-0.1, -0.05) is 13.0 Å². The number of methoxy groups -OCH3 is 1. The van der Waals surface area contributed by atoms with E-state index in [1.807, 2.05) is 19.1 Å². The van der Waals surface area contributed by atoms with Crippen molar-refractivity contribution in [2.45, 2.75) is 19.3 Å². The van der Waals surface area contributed by atoms with Crippen LogP contribution in [0.1, 0.15) is 24.8 Å². The van der Waals surface area contributed by atoms with Gasteiger partial charge >= 0.3 is 0 Å². The molecular formula is C21H20FN3O2. The van der Waals surface area contributed by atoms with Crippen LogP contribution in [0.2, 0.25) is 0 Å². The predicted molar refractivity (Wildman–Crippen MR) is 102 cm³/mol. The van der Waals surface area contributed by atoms with E-state index in [0.717, 1.165) is 16.7 Å². The van der Waals surface area contributed by atoms with E-state index in [4.69, 9.17) is 4.74 Å². The number of benzene rings is 1. The zero-order valence-corrected chi connectivity index (χ0v) is 15.1. The van der Waals surface area contributed by atoms with E-state index in [2.05, 4.69) is 15.3 Å². The van der Waals surface area contributed by atoms with Crippen molar-refractivity contribution in [2.75, 3.05) is 12.4 Å². The zero-order chi connectivity index (χ0) is 19.2. The molecule has 1 unspecified atom stereocenters. The number of halogens is 1. The maximum absolute atomic E-state index is 13.4. The van der Waals surface area contributed by atoms with E-state index in [0.29, 0.717) is 18.0 Å². The van der Waals surface area contributed by atoms with Gasteiger partial charge in [-0.25, -0.2) is 9.37 Å². The number of ether oxygens (including phenoxy) is 1. The lowest BCUT2D eigenvalue weighted by Crippen LogP contribution is -2.15. The van der Waals surface area contributed by atoms with Gasteiger partial charge in [0.25, 0.3) is 0 Å². The maximum atomic E-state index is 13.4. The number of carbonyl (C=O) groups excluding carboxylic acids is 1. The molecule has 0 aliphatic heterocycles. The SMILES string of the molecule is COc1cc(F)ccc1-c1ccnc(NC(=O)CC(C)c2cccnc2)c1. The minimum atomic E-state index is -0.373. The Balaban J connectivity index is 1.73. The van der Waals surface area contributed by atoms with Crippen LogP contribution in [-0.4, -0.2) is 23.0 Å². The van der Waals surface area contributed by atoms with E-state index in [9.17, 15) is 9.18 Å². The van der Waals surface area contributed by atoms with Crippen LogP contribution in [0.5, 0.6) is 5.75 Å². The summed E-state index contributed by atoms with van der Waals surface area (Å²) in [5, 5.41) is 2.82. The lowest BCUT2D eigenvalue weighted by atomic mass is 9.99. The fourth-order valence-electron chi connectivity index (χ4n) is 2.83. The van der Waals surface area contributed by atoms with Crippen LogP contribution >= 0.6 is 0 Å². The molecule has 1 amide bonds. The Kier molecular flexibility index (Phi) is 5.76. The van der Waals surface area contributed by atoms with E-state index >= 15 is 0 Å². The van der Waals surface area contributed by atoms with Crippen molar-refractivity contribution >= 4 is 11.7 Å². The largest absolute Gasteiger partial charge is 0.496 e.